The van der Waals surface area contributed by atoms with E-state index in [0.717, 1.165) is 25.7 Å². The lowest BCUT2D eigenvalue weighted by molar-refractivity contribution is -0.148. The predicted octanol–water partition coefficient (Wildman–Crippen LogP) is 3.13. The normalized spacial score (nSPS) is 12.5. The molecule has 1 atom stereocenters. The zero-order valence-electron chi connectivity index (χ0n) is 8.51. The third kappa shape index (κ3) is 8.10. The maximum atomic E-state index is 11.1. The van der Waals surface area contributed by atoms with Crippen molar-refractivity contribution in [2.24, 2.45) is 0 Å². The molecular weight excluding hydrogens is 188 g/mol. The van der Waals surface area contributed by atoms with Crippen LogP contribution >= 0.6 is 11.6 Å². The van der Waals surface area contributed by atoms with Crippen molar-refractivity contribution in [3.63, 3.8) is 0 Å². The Balaban J connectivity index is 3.38. The molecule has 0 aromatic carbocycles. The zero-order valence-corrected chi connectivity index (χ0v) is 9.27. The molecule has 0 spiro atoms. The fourth-order valence-electron chi connectivity index (χ4n) is 1.11. The van der Waals surface area contributed by atoms with E-state index in [2.05, 4.69) is 6.92 Å². The Hall–Kier alpha value is -0.240. The molecule has 1 unspecified atom stereocenters. The standard InChI is InChI=1S/C10H19ClO2/c1-3-6-9(2)13-10(12)7-4-5-8-11/h9H,3-8H2,1-2H3. The maximum absolute atomic E-state index is 11.1. The van der Waals surface area contributed by atoms with E-state index in [9.17, 15) is 4.79 Å². The summed E-state index contributed by atoms with van der Waals surface area (Å²) in [6.07, 6.45) is 4.28. The maximum Gasteiger partial charge on any atom is 0.306 e. The summed E-state index contributed by atoms with van der Waals surface area (Å²) in [7, 11) is 0. The molecular formula is C10H19ClO2. The second kappa shape index (κ2) is 8.36. The fourth-order valence-corrected chi connectivity index (χ4v) is 1.30. The number of carbonyl (C=O) groups is 1. The monoisotopic (exact) mass is 206 g/mol. The van der Waals surface area contributed by atoms with Gasteiger partial charge in [0.1, 0.15) is 0 Å². The van der Waals surface area contributed by atoms with Crippen LogP contribution in [0.1, 0.15) is 46.0 Å². The van der Waals surface area contributed by atoms with Crippen LogP contribution in [0.2, 0.25) is 0 Å². The summed E-state index contributed by atoms with van der Waals surface area (Å²) >= 11 is 5.49. The van der Waals surface area contributed by atoms with Gasteiger partial charge < -0.3 is 4.74 Å². The molecule has 13 heavy (non-hydrogen) atoms. The van der Waals surface area contributed by atoms with Gasteiger partial charge in [0.2, 0.25) is 0 Å². The molecule has 0 amide bonds. The van der Waals surface area contributed by atoms with Crippen molar-refractivity contribution in [3.8, 4) is 0 Å². The molecule has 2 nitrogen and oxygen atoms in total. The van der Waals surface area contributed by atoms with Gasteiger partial charge in [-0.2, -0.15) is 0 Å². The summed E-state index contributed by atoms with van der Waals surface area (Å²) < 4.78 is 5.16. The molecule has 0 saturated heterocycles. The van der Waals surface area contributed by atoms with Crippen LogP contribution in [0.25, 0.3) is 0 Å². The van der Waals surface area contributed by atoms with Gasteiger partial charge in [0.15, 0.2) is 0 Å². The smallest absolute Gasteiger partial charge is 0.306 e. The summed E-state index contributed by atoms with van der Waals surface area (Å²) in [6, 6.07) is 0. The molecule has 0 aliphatic carbocycles. The Morgan fingerprint density at radius 3 is 2.69 bits per heavy atom. The lowest BCUT2D eigenvalue weighted by Gasteiger charge is -2.11. The molecule has 0 aromatic heterocycles. The number of unbranched alkanes of at least 4 members (excludes halogenated alkanes) is 1. The minimum atomic E-state index is -0.0916. The van der Waals surface area contributed by atoms with Gasteiger partial charge in [-0.25, -0.2) is 0 Å². The van der Waals surface area contributed by atoms with Gasteiger partial charge in [-0.15, -0.1) is 11.6 Å². The number of ether oxygens (including phenoxy) is 1. The van der Waals surface area contributed by atoms with Crippen LogP contribution in [0.4, 0.5) is 0 Å². The van der Waals surface area contributed by atoms with E-state index in [4.69, 9.17) is 16.3 Å². The van der Waals surface area contributed by atoms with E-state index in [0.29, 0.717) is 12.3 Å². The molecule has 0 heterocycles. The second-order valence-corrected chi connectivity index (χ2v) is 3.61. The van der Waals surface area contributed by atoms with E-state index >= 15 is 0 Å². The Morgan fingerprint density at radius 1 is 1.46 bits per heavy atom. The van der Waals surface area contributed by atoms with E-state index in [1.807, 2.05) is 6.92 Å². The lowest BCUT2D eigenvalue weighted by atomic mass is 10.2. The van der Waals surface area contributed by atoms with Crippen LogP contribution in [0, 0.1) is 0 Å². The first-order valence-electron chi connectivity index (χ1n) is 4.96. The molecule has 0 bridgehead atoms. The van der Waals surface area contributed by atoms with Gasteiger partial charge in [-0.05, 0) is 26.2 Å². The van der Waals surface area contributed by atoms with Crippen molar-refractivity contribution in [1.29, 1.82) is 0 Å². The molecule has 0 fully saturated rings. The van der Waals surface area contributed by atoms with Crippen LogP contribution in [0.3, 0.4) is 0 Å². The number of hydrogen-bond donors (Lipinski definition) is 0. The number of carbonyl (C=O) groups excluding carboxylic acids is 1. The molecule has 0 saturated carbocycles. The number of esters is 1. The van der Waals surface area contributed by atoms with E-state index in [1.54, 1.807) is 0 Å². The van der Waals surface area contributed by atoms with Crippen LogP contribution in [0.15, 0.2) is 0 Å². The Morgan fingerprint density at radius 2 is 2.15 bits per heavy atom. The topological polar surface area (TPSA) is 26.3 Å². The van der Waals surface area contributed by atoms with Gasteiger partial charge >= 0.3 is 5.97 Å². The average Bonchev–Trinajstić information content (AvgIpc) is 2.05. The summed E-state index contributed by atoms with van der Waals surface area (Å²) in [5.41, 5.74) is 0. The second-order valence-electron chi connectivity index (χ2n) is 3.24. The van der Waals surface area contributed by atoms with Crippen molar-refractivity contribution in [2.75, 3.05) is 5.88 Å². The van der Waals surface area contributed by atoms with Crippen molar-refractivity contribution in [3.05, 3.63) is 0 Å². The summed E-state index contributed by atoms with van der Waals surface area (Å²) in [6.45, 7) is 4.01. The molecule has 0 aromatic rings. The van der Waals surface area contributed by atoms with Gasteiger partial charge in [-0.3, -0.25) is 4.79 Å². The molecule has 78 valence electrons. The number of hydrogen-bond acceptors (Lipinski definition) is 2. The number of alkyl halides is 1. The van der Waals surface area contributed by atoms with E-state index < -0.39 is 0 Å². The Kier molecular flexibility index (Phi) is 8.21. The van der Waals surface area contributed by atoms with Crippen molar-refractivity contribution in [2.45, 2.75) is 52.1 Å². The highest BCUT2D eigenvalue weighted by molar-refractivity contribution is 6.17. The molecule has 0 rings (SSSR count). The highest BCUT2D eigenvalue weighted by atomic mass is 35.5. The average molecular weight is 207 g/mol. The first-order chi connectivity index (χ1) is 6.20. The summed E-state index contributed by atoms with van der Waals surface area (Å²) in [5, 5.41) is 0. The summed E-state index contributed by atoms with van der Waals surface area (Å²) in [4.78, 5) is 11.1. The van der Waals surface area contributed by atoms with Gasteiger partial charge in [0.05, 0.1) is 6.10 Å². The summed E-state index contributed by atoms with van der Waals surface area (Å²) in [5.74, 6) is 0.531. The predicted molar refractivity (Wildman–Crippen MR) is 55.0 cm³/mol. The first kappa shape index (κ1) is 12.8. The van der Waals surface area contributed by atoms with Crippen LogP contribution in [0.5, 0.6) is 0 Å². The Labute approximate surface area is 85.6 Å². The molecule has 0 aliphatic rings. The number of halogens is 1. The van der Waals surface area contributed by atoms with E-state index in [1.165, 1.54) is 0 Å². The fraction of sp³-hybridized carbons (Fsp3) is 0.900. The third-order valence-corrected chi connectivity index (χ3v) is 2.06. The molecule has 0 radical (unpaired) electrons. The highest BCUT2D eigenvalue weighted by Gasteiger charge is 2.07. The SMILES string of the molecule is CCCC(C)OC(=O)CCCCCl. The van der Waals surface area contributed by atoms with Gasteiger partial charge in [0, 0.05) is 12.3 Å². The molecule has 3 heteroatoms. The van der Waals surface area contributed by atoms with Crippen molar-refractivity contribution < 1.29 is 9.53 Å². The van der Waals surface area contributed by atoms with Crippen LogP contribution < -0.4 is 0 Å². The largest absolute Gasteiger partial charge is 0.463 e. The van der Waals surface area contributed by atoms with Crippen molar-refractivity contribution >= 4 is 17.6 Å². The zero-order chi connectivity index (χ0) is 10.1. The van der Waals surface area contributed by atoms with Crippen molar-refractivity contribution in [1.82, 2.24) is 0 Å². The molecule has 0 N–H and O–H groups in total. The quantitative estimate of drug-likeness (QED) is 0.364. The Bertz CT molecular complexity index is 137. The highest BCUT2D eigenvalue weighted by Crippen LogP contribution is 2.05. The minimum Gasteiger partial charge on any atom is -0.463 e. The lowest BCUT2D eigenvalue weighted by Crippen LogP contribution is -2.14. The van der Waals surface area contributed by atoms with Crippen LogP contribution in [-0.4, -0.2) is 18.0 Å². The molecule has 0 aliphatic heterocycles. The van der Waals surface area contributed by atoms with Crippen LogP contribution in [-0.2, 0) is 9.53 Å². The number of rotatable bonds is 7. The van der Waals surface area contributed by atoms with Gasteiger partial charge in [-0.1, -0.05) is 13.3 Å². The minimum absolute atomic E-state index is 0.0634. The van der Waals surface area contributed by atoms with E-state index in [-0.39, 0.29) is 12.1 Å². The van der Waals surface area contributed by atoms with Gasteiger partial charge in [0.25, 0.3) is 0 Å². The first-order valence-corrected chi connectivity index (χ1v) is 5.49. The third-order valence-electron chi connectivity index (χ3n) is 1.79.